The van der Waals surface area contributed by atoms with Crippen LogP contribution in [0.3, 0.4) is 0 Å². The van der Waals surface area contributed by atoms with E-state index in [0.29, 0.717) is 0 Å². The van der Waals surface area contributed by atoms with Crippen LogP contribution in [-0.4, -0.2) is 53.9 Å². The molecule has 1 unspecified atom stereocenters. The van der Waals surface area contributed by atoms with Crippen molar-refractivity contribution in [3.05, 3.63) is 5.69 Å². The van der Waals surface area contributed by atoms with Gasteiger partial charge in [-0.3, -0.25) is 4.90 Å². The van der Waals surface area contributed by atoms with Crippen LogP contribution in [0.25, 0.3) is 0 Å². The van der Waals surface area contributed by atoms with Gasteiger partial charge < -0.3 is 15.4 Å². The molecule has 8 heteroatoms. The van der Waals surface area contributed by atoms with Gasteiger partial charge in [-0.2, -0.15) is 0 Å². The van der Waals surface area contributed by atoms with Crippen LogP contribution in [0.4, 0.5) is 9.80 Å². The lowest BCUT2D eigenvalue weighted by Crippen LogP contribution is -2.36. The Morgan fingerprint density at radius 1 is 1.67 bits per heavy atom. The van der Waals surface area contributed by atoms with E-state index in [-0.39, 0.29) is 12.1 Å². The van der Waals surface area contributed by atoms with Gasteiger partial charge in [0.2, 0.25) is 0 Å². The predicted molar refractivity (Wildman–Crippen MR) is 68.7 cm³/mol. The summed E-state index contributed by atoms with van der Waals surface area (Å²) in [4.78, 5) is 13.4. The minimum atomic E-state index is -0.368. The maximum atomic E-state index is 11.1. The first-order valence-corrected chi connectivity index (χ1v) is 6.56. The van der Waals surface area contributed by atoms with E-state index in [2.05, 4.69) is 29.9 Å². The number of rotatable bonds is 4. The van der Waals surface area contributed by atoms with Gasteiger partial charge in [0.05, 0.1) is 7.11 Å². The third kappa shape index (κ3) is 3.08. The van der Waals surface area contributed by atoms with Crippen molar-refractivity contribution >= 4 is 22.6 Å². The smallest absolute Gasteiger partial charge is 0.407 e. The van der Waals surface area contributed by atoms with Gasteiger partial charge in [0.15, 0.2) is 0 Å². The number of nitrogens with zero attached hydrogens (tertiary/aromatic N) is 3. The molecule has 1 aliphatic heterocycles. The molecule has 0 spiro atoms. The molecule has 7 nitrogen and oxygen atoms in total. The van der Waals surface area contributed by atoms with Crippen molar-refractivity contribution in [2.75, 3.05) is 32.6 Å². The Labute approximate surface area is 110 Å². The first-order valence-electron chi connectivity index (χ1n) is 5.78. The lowest BCUT2D eigenvalue weighted by molar-refractivity contribution is 0.166. The fourth-order valence-electron chi connectivity index (χ4n) is 2.03. The summed E-state index contributed by atoms with van der Waals surface area (Å²) in [5, 5.41) is 11.0. The number of nitrogens with one attached hydrogen (secondary N) is 2. The van der Waals surface area contributed by atoms with Gasteiger partial charge in [0, 0.05) is 44.3 Å². The van der Waals surface area contributed by atoms with E-state index in [1.807, 2.05) is 7.05 Å². The largest absolute Gasteiger partial charge is 0.453 e. The van der Waals surface area contributed by atoms with E-state index in [9.17, 15) is 4.79 Å². The SMILES string of the molecule is CNc1snnc1CN1CCC(NC(=O)OC)C1. The summed E-state index contributed by atoms with van der Waals surface area (Å²) in [7, 11) is 3.24. The molecule has 2 rings (SSSR count). The Balaban J connectivity index is 1.84. The van der Waals surface area contributed by atoms with E-state index >= 15 is 0 Å². The summed E-state index contributed by atoms with van der Waals surface area (Å²) in [5.41, 5.74) is 0.959. The topological polar surface area (TPSA) is 79.4 Å². The van der Waals surface area contributed by atoms with E-state index in [1.54, 1.807) is 0 Å². The number of hydrogen-bond donors (Lipinski definition) is 2. The van der Waals surface area contributed by atoms with Crippen molar-refractivity contribution in [3.8, 4) is 0 Å². The lowest BCUT2D eigenvalue weighted by atomic mass is 10.3. The number of methoxy groups -OCH3 is 1. The lowest BCUT2D eigenvalue weighted by Gasteiger charge is -2.15. The highest BCUT2D eigenvalue weighted by Gasteiger charge is 2.25. The molecule has 1 aromatic heterocycles. The number of hydrogen-bond acceptors (Lipinski definition) is 7. The zero-order valence-electron chi connectivity index (χ0n) is 10.5. The van der Waals surface area contributed by atoms with E-state index in [0.717, 1.165) is 36.8 Å². The number of likely N-dealkylation sites (tertiary alicyclic amines) is 1. The summed E-state index contributed by atoms with van der Waals surface area (Å²) in [6.45, 7) is 2.51. The van der Waals surface area contributed by atoms with E-state index in [1.165, 1.54) is 18.6 Å². The van der Waals surface area contributed by atoms with Gasteiger partial charge in [-0.15, -0.1) is 5.10 Å². The third-order valence-corrected chi connectivity index (χ3v) is 3.72. The van der Waals surface area contributed by atoms with Crippen molar-refractivity contribution in [2.24, 2.45) is 0 Å². The van der Waals surface area contributed by atoms with Gasteiger partial charge in [-0.05, 0) is 6.42 Å². The molecular formula is C10H17N5O2S. The third-order valence-electron chi connectivity index (χ3n) is 2.94. The number of aromatic nitrogens is 2. The Hall–Kier alpha value is -1.41. The monoisotopic (exact) mass is 271 g/mol. The molecule has 2 heterocycles. The summed E-state index contributed by atoms with van der Waals surface area (Å²) in [6.07, 6.45) is 0.565. The molecule has 0 bridgehead atoms. The minimum Gasteiger partial charge on any atom is -0.453 e. The fourth-order valence-corrected chi connectivity index (χ4v) is 2.56. The molecule has 0 saturated carbocycles. The van der Waals surface area contributed by atoms with Crippen molar-refractivity contribution in [2.45, 2.75) is 19.0 Å². The van der Waals surface area contributed by atoms with Gasteiger partial charge in [-0.25, -0.2) is 4.79 Å². The molecule has 1 atom stereocenters. The van der Waals surface area contributed by atoms with Gasteiger partial charge in [0.25, 0.3) is 0 Å². The molecule has 18 heavy (non-hydrogen) atoms. The van der Waals surface area contributed by atoms with E-state index in [4.69, 9.17) is 0 Å². The second-order valence-corrected chi connectivity index (χ2v) is 4.91. The Morgan fingerprint density at radius 3 is 3.22 bits per heavy atom. The van der Waals surface area contributed by atoms with Crippen LogP contribution in [0, 0.1) is 0 Å². The van der Waals surface area contributed by atoms with Crippen LogP contribution in [0.5, 0.6) is 0 Å². The van der Waals surface area contributed by atoms with Crippen LogP contribution >= 0.6 is 11.5 Å². The van der Waals surface area contributed by atoms with E-state index < -0.39 is 0 Å². The average molecular weight is 271 g/mol. The fraction of sp³-hybridized carbons (Fsp3) is 0.700. The van der Waals surface area contributed by atoms with Crippen molar-refractivity contribution in [1.82, 2.24) is 19.8 Å². The maximum Gasteiger partial charge on any atom is 0.407 e. The molecule has 1 fully saturated rings. The summed E-state index contributed by atoms with van der Waals surface area (Å²) in [6, 6.07) is 0.155. The van der Waals surface area contributed by atoms with Crippen molar-refractivity contribution in [1.29, 1.82) is 0 Å². The number of carbonyl (C=O) groups is 1. The summed E-state index contributed by atoms with van der Waals surface area (Å²) in [5.74, 6) is 0. The van der Waals surface area contributed by atoms with Gasteiger partial charge in [-0.1, -0.05) is 4.49 Å². The normalized spacial score (nSPS) is 19.8. The van der Waals surface area contributed by atoms with Crippen LogP contribution in [-0.2, 0) is 11.3 Å². The number of alkyl carbamates (subject to hydrolysis) is 1. The maximum absolute atomic E-state index is 11.1. The van der Waals surface area contributed by atoms with Crippen molar-refractivity contribution < 1.29 is 9.53 Å². The first-order chi connectivity index (χ1) is 8.72. The van der Waals surface area contributed by atoms with Crippen LogP contribution in [0.15, 0.2) is 0 Å². The predicted octanol–water partition coefficient (Wildman–Crippen LogP) is 0.510. The molecule has 1 aromatic rings. The summed E-state index contributed by atoms with van der Waals surface area (Å²) < 4.78 is 8.52. The second kappa shape index (κ2) is 5.96. The molecular weight excluding hydrogens is 254 g/mol. The second-order valence-electron chi connectivity index (χ2n) is 4.16. The molecule has 1 amide bonds. The standard InChI is InChI=1S/C10H17N5O2S/c1-11-9-8(13-14-18-9)6-15-4-3-7(5-15)12-10(16)17-2/h7,11H,3-6H2,1-2H3,(H,12,16). The first kappa shape index (κ1) is 13.0. The Kier molecular flexibility index (Phi) is 4.32. The van der Waals surface area contributed by atoms with Crippen molar-refractivity contribution in [3.63, 3.8) is 0 Å². The molecule has 0 aromatic carbocycles. The molecule has 100 valence electrons. The van der Waals surface area contributed by atoms with Crippen LogP contribution in [0.1, 0.15) is 12.1 Å². The van der Waals surface area contributed by atoms with Gasteiger partial charge in [0.1, 0.15) is 10.7 Å². The number of ether oxygens (including phenoxy) is 1. The Bertz CT molecular complexity index is 411. The molecule has 0 radical (unpaired) electrons. The Morgan fingerprint density at radius 2 is 2.50 bits per heavy atom. The molecule has 2 N–H and O–H groups in total. The zero-order valence-corrected chi connectivity index (χ0v) is 11.3. The summed E-state index contributed by atoms with van der Waals surface area (Å²) >= 11 is 1.36. The molecule has 0 aliphatic carbocycles. The quantitative estimate of drug-likeness (QED) is 0.830. The zero-order chi connectivity index (χ0) is 13.0. The van der Waals surface area contributed by atoms with Crippen LogP contribution in [0.2, 0.25) is 0 Å². The minimum absolute atomic E-state index is 0.155. The van der Waals surface area contributed by atoms with Crippen LogP contribution < -0.4 is 10.6 Å². The highest BCUT2D eigenvalue weighted by Crippen LogP contribution is 2.20. The molecule has 1 saturated heterocycles. The van der Waals surface area contributed by atoms with Gasteiger partial charge >= 0.3 is 6.09 Å². The highest BCUT2D eigenvalue weighted by atomic mass is 32.1. The number of carbonyl (C=O) groups excluding carboxylic acids is 1. The molecule has 1 aliphatic rings. The number of amides is 1. The highest BCUT2D eigenvalue weighted by molar-refractivity contribution is 7.10. The number of anilines is 1. The average Bonchev–Trinajstić information content (AvgIpc) is 2.99.